The van der Waals surface area contributed by atoms with E-state index in [0.29, 0.717) is 0 Å². The molecule has 1 aromatic carbocycles. The lowest BCUT2D eigenvalue weighted by atomic mass is 10.1. The molecular formula is C15H20N2O. The largest absolute Gasteiger partial charge is 0.372 e. The standard InChI is InChI=1S/C15H20N2O/c1-3-6-15(18)16-14-8-7-13(11-12(14)2)17-9-4-5-10-17/h3,6-8,11H,4-5,9-10H2,1-2H3,(H,16,18)/b6-3+. The number of anilines is 2. The summed E-state index contributed by atoms with van der Waals surface area (Å²) < 4.78 is 0. The average Bonchev–Trinajstić information content (AvgIpc) is 2.85. The summed E-state index contributed by atoms with van der Waals surface area (Å²) in [4.78, 5) is 13.9. The maximum atomic E-state index is 11.5. The summed E-state index contributed by atoms with van der Waals surface area (Å²) in [6.45, 7) is 6.15. The van der Waals surface area contributed by atoms with Crippen LogP contribution in [0.25, 0.3) is 0 Å². The third-order valence-electron chi connectivity index (χ3n) is 3.26. The number of hydrogen-bond acceptors (Lipinski definition) is 2. The first-order chi connectivity index (χ1) is 8.70. The van der Waals surface area contributed by atoms with Crippen LogP contribution in [0.2, 0.25) is 0 Å². The molecule has 18 heavy (non-hydrogen) atoms. The van der Waals surface area contributed by atoms with Gasteiger partial charge in [0.1, 0.15) is 0 Å². The fourth-order valence-electron chi connectivity index (χ4n) is 2.29. The first-order valence-corrected chi connectivity index (χ1v) is 6.50. The second-order valence-electron chi connectivity index (χ2n) is 4.68. The van der Waals surface area contributed by atoms with E-state index in [1.165, 1.54) is 24.6 Å². The summed E-state index contributed by atoms with van der Waals surface area (Å²) in [6.07, 6.45) is 5.83. The predicted molar refractivity (Wildman–Crippen MR) is 76.1 cm³/mol. The molecule has 1 aromatic rings. The number of carbonyl (C=O) groups excluding carboxylic acids is 1. The number of nitrogens with zero attached hydrogens (tertiary/aromatic N) is 1. The Hall–Kier alpha value is -1.77. The molecule has 1 N–H and O–H groups in total. The second-order valence-corrected chi connectivity index (χ2v) is 4.68. The van der Waals surface area contributed by atoms with E-state index >= 15 is 0 Å². The molecule has 2 rings (SSSR count). The Morgan fingerprint density at radius 1 is 1.33 bits per heavy atom. The van der Waals surface area contributed by atoms with Crippen LogP contribution >= 0.6 is 0 Å². The first kappa shape index (κ1) is 12.7. The number of rotatable bonds is 3. The molecule has 0 unspecified atom stereocenters. The van der Waals surface area contributed by atoms with E-state index in [9.17, 15) is 4.79 Å². The second kappa shape index (κ2) is 5.71. The van der Waals surface area contributed by atoms with Gasteiger partial charge in [-0.15, -0.1) is 0 Å². The van der Waals surface area contributed by atoms with E-state index in [1.54, 1.807) is 6.08 Å². The van der Waals surface area contributed by atoms with Gasteiger partial charge in [0, 0.05) is 24.5 Å². The minimum Gasteiger partial charge on any atom is -0.372 e. The maximum Gasteiger partial charge on any atom is 0.248 e. The van der Waals surface area contributed by atoms with Crippen LogP contribution < -0.4 is 10.2 Å². The van der Waals surface area contributed by atoms with Crippen molar-refractivity contribution in [1.82, 2.24) is 0 Å². The van der Waals surface area contributed by atoms with Gasteiger partial charge in [-0.3, -0.25) is 4.79 Å². The first-order valence-electron chi connectivity index (χ1n) is 6.50. The van der Waals surface area contributed by atoms with Crippen molar-refractivity contribution in [3.63, 3.8) is 0 Å². The number of nitrogens with one attached hydrogen (secondary N) is 1. The SMILES string of the molecule is C/C=C/C(=O)Nc1ccc(N2CCCC2)cc1C. The number of allylic oxidation sites excluding steroid dienone is 1. The zero-order chi connectivity index (χ0) is 13.0. The molecule has 1 aliphatic heterocycles. The van der Waals surface area contributed by atoms with Crippen molar-refractivity contribution in [2.45, 2.75) is 26.7 Å². The minimum atomic E-state index is -0.0745. The monoisotopic (exact) mass is 244 g/mol. The Bertz CT molecular complexity index is 460. The molecule has 0 atom stereocenters. The van der Waals surface area contributed by atoms with Crippen LogP contribution in [0.4, 0.5) is 11.4 Å². The van der Waals surface area contributed by atoms with E-state index in [2.05, 4.69) is 22.3 Å². The van der Waals surface area contributed by atoms with E-state index in [-0.39, 0.29) is 5.91 Å². The van der Waals surface area contributed by atoms with Crippen molar-refractivity contribution in [3.8, 4) is 0 Å². The molecule has 3 heteroatoms. The number of amides is 1. The number of benzene rings is 1. The molecule has 1 aliphatic rings. The Morgan fingerprint density at radius 2 is 2.06 bits per heavy atom. The minimum absolute atomic E-state index is 0.0745. The van der Waals surface area contributed by atoms with Crippen LogP contribution in [0.3, 0.4) is 0 Å². The highest BCUT2D eigenvalue weighted by Crippen LogP contribution is 2.25. The molecule has 0 saturated carbocycles. The summed E-state index contributed by atoms with van der Waals surface area (Å²) in [5, 5.41) is 2.88. The van der Waals surface area contributed by atoms with E-state index in [4.69, 9.17) is 0 Å². The molecule has 0 aromatic heterocycles. The van der Waals surface area contributed by atoms with Gasteiger partial charge in [-0.25, -0.2) is 0 Å². The maximum absolute atomic E-state index is 11.5. The Morgan fingerprint density at radius 3 is 2.67 bits per heavy atom. The fraction of sp³-hybridized carbons (Fsp3) is 0.400. The summed E-state index contributed by atoms with van der Waals surface area (Å²) in [6, 6.07) is 6.23. The molecule has 0 radical (unpaired) electrons. The summed E-state index contributed by atoms with van der Waals surface area (Å²) >= 11 is 0. The Kier molecular flexibility index (Phi) is 4.03. The quantitative estimate of drug-likeness (QED) is 0.829. The van der Waals surface area contributed by atoms with Crippen molar-refractivity contribution < 1.29 is 4.79 Å². The van der Waals surface area contributed by atoms with Gasteiger partial charge in [0.05, 0.1) is 0 Å². The van der Waals surface area contributed by atoms with Crippen molar-refractivity contribution in [1.29, 1.82) is 0 Å². The topological polar surface area (TPSA) is 32.3 Å². The molecule has 1 fully saturated rings. The molecule has 1 heterocycles. The third-order valence-corrected chi connectivity index (χ3v) is 3.26. The van der Waals surface area contributed by atoms with Gasteiger partial charge in [0.25, 0.3) is 0 Å². The highest BCUT2D eigenvalue weighted by Gasteiger charge is 2.13. The van der Waals surface area contributed by atoms with E-state index in [1.807, 2.05) is 19.9 Å². The van der Waals surface area contributed by atoms with Crippen molar-refractivity contribution in [2.75, 3.05) is 23.3 Å². The summed E-state index contributed by atoms with van der Waals surface area (Å²) in [5.74, 6) is -0.0745. The van der Waals surface area contributed by atoms with Crippen LogP contribution in [-0.2, 0) is 4.79 Å². The van der Waals surface area contributed by atoms with Gasteiger partial charge in [-0.05, 0) is 56.5 Å². The van der Waals surface area contributed by atoms with E-state index < -0.39 is 0 Å². The third kappa shape index (κ3) is 2.92. The van der Waals surface area contributed by atoms with Crippen LogP contribution in [0.15, 0.2) is 30.4 Å². The molecule has 0 spiro atoms. The molecule has 1 amide bonds. The summed E-state index contributed by atoms with van der Waals surface area (Å²) in [7, 11) is 0. The van der Waals surface area contributed by atoms with Gasteiger partial charge in [-0.1, -0.05) is 6.08 Å². The van der Waals surface area contributed by atoms with Gasteiger partial charge >= 0.3 is 0 Å². The molecule has 1 saturated heterocycles. The van der Waals surface area contributed by atoms with E-state index in [0.717, 1.165) is 24.3 Å². The molecule has 0 aliphatic carbocycles. The van der Waals surface area contributed by atoms with Crippen molar-refractivity contribution >= 4 is 17.3 Å². The van der Waals surface area contributed by atoms with Gasteiger partial charge in [0.2, 0.25) is 5.91 Å². The smallest absolute Gasteiger partial charge is 0.248 e. The highest BCUT2D eigenvalue weighted by molar-refractivity contribution is 5.99. The molecular weight excluding hydrogens is 224 g/mol. The normalized spacial score (nSPS) is 15.3. The lowest BCUT2D eigenvalue weighted by molar-refractivity contribution is -0.111. The average molecular weight is 244 g/mol. The highest BCUT2D eigenvalue weighted by atomic mass is 16.1. The predicted octanol–water partition coefficient (Wildman–Crippen LogP) is 3.11. The Balaban J connectivity index is 2.11. The number of hydrogen-bond donors (Lipinski definition) is 1. The number of carbonyl (C=O) groups is 1. The molecule has 3 nitrogen and oxygen atoms in total. The van der Waals surface area contributed by atoms with Crippen LogP contribution in [0.5, 0.6) is 0 Å². The van der Waals surface area contributed by atoms with Crippen molar-refractivity contribution in [3.05, 3.63) is 35.9 Å². The number of aryl methyl sites for hydroxylation is 1. The lowest BCUT2D eigenvalue weighted by Crippen LogP contribution is -2.18. The lowest BCUT2D eigenvalue weighted by Gasteiger charge is -2.19. The van der Waals surface area contributed by atoms with Crippen LogP contribution in [0, 0.1) is 6.92 Å². The van der Waals surface area contributed by atoms with Gasteiger partial charge < -0.3 is 10.2 Å². The zero-order valence-corrected chi connectivity index (χ0v) is 11.1. The van der Waals surface area contributed by atoms with Crippen LogP contribution in [0.1, 0.15) is 25.3 Å². The fourth-order valence-corrected chi connectivity index (χ4v) is 2.29. The summed E-state index contributed by atoms with van der Waals surface area (Å²) in [5.41, 5.74) is 3.26. The Labute approximate surface area is 108 Å². The zero-order valence-electron chi connectivity index (χ0n) is 11.1. The molecule has 0 bridgehead atoms. The van der Waals surface area contributed by atoms with Gasteiger partial charge in [0.15, 0.2) is 0 Å². The van der Waals surface area contributed by atoms with Crippen LogP contribution in [-0.4, -0.2) is 19.0 Å². The van der Waals surface area contributed by atoms with Gasteiger partial charge in [-0.2, -0.15) is 0 Å². The van der Waals surface area contributed by atoms with Crippen molar-refractivity contribution in [2.24, 2.45) is 0 Å². The molecule has 96 valence electrons.